The van der Waals surface area contributed by atoms with E-state index in [0.29, 0.717) is 27.7 Å². The zero-order chi connectivity index (χ0) is 24.9. The van der Waals surface area contributed by atoms with Gasteiger partial charge in [-0.1, -0.05) is 61.9 Å². The highest BCUT2D eigenvalue weighted by Crippen LogP contribution is 2.44. The van der Waals surface area contributed by atoms with E-state index in [1.807, 2.05) is 53.8 Å². The van der Waals surface area contributed by atoms with Crippen LogP contribution < -0.4 is 10.6 Å². The van der Waals surface area contributed by atoms with E-state index in [9.17, 15) is 19.5 Å². The number of hydrogen-bond donors (Lipinski definition) is 3. The number of nitrogens with one attached hydrogen (secondary N) is 2. The van der Waals surface area contributed by atoms with Gasteiger partial charge in [0.1, 0.15) is 12.6 Å². The molecule has 180 valence electrons. The van der Waals surface area contributed by atoms with Crippen LogP contribution in [-0.2, 0) is 9.53 Å². The van der Waals surface area contributed by atoms with E-state index in [4.69, 9.17) is 4.74 Å². The predicted octanol–water partition coefficient (Wildman–Crippen LogP) is 5.64. The maximum absolute atomic E-state index is 12.6. The van der Waals surface area contributed by atoms with Crippen LogP contribution in [0.15, 0.2) is 66.7 Å². The minimum absolute atomic E-state index is 0.0383. The molecule has 2 amide bonds. The molecule has 1 atom stereocenters. The fraction of sp³-hybridized carbons (Fsp3) is 0.222. The molecule has 35 heavy (non-hydrogen) atoms. The summed E-state index contributed by atoms with van der Waals surface area (Å²) in [7, 11) is 0. The Morgan fingerprint density at radius 1 is 1.00 bits per heavy atom. The smallest absolute Gasteiger partial charge is 0.411 e. The first kappa shape index (κ1) is 24.7. The van der Waals surface area contributed by atoms with Crippen LogP contribution in [0.25, 0.3) is 11.1 Å². The molecule has 0 heterocycles. The van der Waals surface area contributed by atoms with Crippen molar-refractivity contribution in [1.29, 1.82) is 0 Å². The Balaban J connectivity index is 1.39. The van der Waals surface area contributed by atoms with Gasteiger partial charge in [-0.25, -0.2) is 9.59 Å². The third-order valence-electron chi connectivity index (χ3n) is 5.99. The van der Waals surface area contributed by atoms with Crippen molar-refractivity contribution in [2.45, 2.75) is 31.7 Å². The summed E-state index contributed by atoms with van der Waals surface area (Å²) in [6, 6.07) is 20.1. The summed E-state index contributed by atoms with van der Waals surface area (Å²) in [4.78, 5) is 36.4. The van der Waals surface area contributed by atoms with Gasteiger partial charge in [0.05, 0.1) is 5.69 Å². The minimum Gasteiger partial charge on any atom is -0.480 e. The number of fused-ring (bicyclic) bond motifs is 3. The average molecular weight is 584 g/mol. The molecule has 0 saturated carbocycles. The molecule has 8 heteroatoms. The van der Waals surface area contributed by atoms with Crippen molar-refractivity contribution in [2.24, 2.45) is 0 Å². The number of rotatable bonds is 8. The zero-order valence-electron chi connectivity index (χ0n) is 19.1. The van der Waals surface area contributed by atoms with Crippen LogP contribution in [0.5, 0.6) is 0 Å². The molecular formula is C27H25IN2O5. The number of carboxylic acids is 1. The van der Waals surface area contributed by atoms with Crippen molar-refractivity contribution in [3.05, 3.63) is 87.0 Å². The zero-order valence-corrected chi connectivity index (χ0v) is 21.2. The Labute approximate surface area is 217 Å². The number of carbonyl (C=O) groups excluding carboxylic acids is 2. The van der Waals surface area contributed by atoms with Gasteiger partial charge in [0.2, 0.25) is 0 Å². The van der Waals surface area contributed by atoms with Crippen molar-refractivity contribution < 1.29 is 24.2 Å². The van der Waals surface area contributed by atoms with Crippen molar-refractivity contribution >= 4 is 46.2 Å². The second-order valence-electron chi connectivity index (χ2n) is 8.30. The number of hydrogen-bond acceptors (Lipinski definition) is 4. The second kappa shape index (κ2) is 10.9. The molecule has 0 radical (unpaired) electrons. The van der Waals surface area contributed by atoms with Gasteiger partial charge in [-0.3, -0.25) is 10.1 Å². The first-order valence-corrected chi connectivity index (χ1v) is 12.4. The van der Waals surface area contributed by atoms with Gasteiger partial charge in [0, 0.05) is 15.1 Å². The van der Waals surface area contributed by atoms with Crippen molar-refractivity contribution in [3.63, 3.8) is 0 Å². The summed E-state index contributed by atoms with van der Waals surface area (Å²) in [6.45, 7) is 2.06. The highest BCUT2D eigenvalue weighted by atomic mass is 127. The average Bonchev–Trinajstić information content (AvgIpc) is 3.17. The standard InChI is InChI=1S/C27H25IN2O5/c1-2-7-24(26(32)33)29-25(31)16-12-13-23(22(28)14-16)30-27(34)35-15-21-19-10-5-3-8-17(19)18-9-4-6-11-20(18)21/h3-6,8-14,21,24H,2,7,15H2,1H3,(H,29,31)(H,30,34)(H,32,33)/t24-/m0/s1. The molecule has 0 unspecified atom stereocenters. The van der Waals surface area contributed by atoms with Crippen LogP contribution in [0.1, 0.15) is 47.2 Å². The Kier molecular flexibility index (Phi) is 7.70. The summed E-state index contributed by atoms with van der Waals surface area (Å²) in [5, 5.41) is 14.5. The molecule has 4 rings (SSSR count). The fourth-order valence-electron chi connectivity index (χ4n) is 4.29. The van der Waals surface area contributed by atoms with E-state index in [-0.39, 0.29) is 12.5 Å². The van der Waals surface area contributed by atoms with Gasteiger partial charge in [-0.15, -0.1) is 0 Å². The topological polar surface area (TPSA) is 105 Å². The van der Waals surface area contributed by atoms with Crippen molar-refractivity contribution in [1.82, 2.24) is 5.32 Å². The van der Waals surface area contributed by atoms with Crippen LogP contribution in [0.2, 0.25) is 0 Å². The summed E-state index contributed by atoms with van der Waals surface area (Å²) < 4.78 is 6.21. The molecule has 0 spiro atoms. The summed E-state index contributed by atoms with van der Waals surface area (Å²) >= 11 is 2.02. The fourth-order valence-corrected chi connectivity index (χ4v) is 4.94. The van der Waals surface area contributed by atoms with Gasteiger partial charge in [0.25, 0.3) is 5.91 Å². The first-order chi connectivity index (χ1) is 16.9. The maximum Gasteiger partial charge on any atom is 0.411 e. The number of carbonyl (C=O) groups is 3. The lowest BCUT2D eigenvalue weighted by Gasteiger charge is -2.16. The highest BCUT2D eigenvalue weighted by molar-refractivity contribution is 14.1. The first-order valence-electron chi connectivity index (χ1n) is 11.3. The van der Waals surface area contributed by atoms with Crippen LogP contribution in [0.4, 0.5) is 10.5 Å². The lowest BCUT2D eigenvalue weighted by atomic mass is 9.98. The number of ether oxygens (including phenoxy) is 1. The number of anilines is 1. The largest absolute Gasteiger partial charge is 0.480 e. The van der Waals surface area contributed by atoms with E-state index in [0.717, 1.165) is 22.3 Å². The molecule has 3 aromatic carbocycles. The summed E-state index contributed by atoms with van der Waals surface area (Å²) in [5.41, 5.74) is 5.40. The number of aliphatic carboxylic acids is 1. The normalized spacial score (nSPS) is 12.9. The molecule has 0 fully saturated rings. The number of amides is 2. The van der Waals surface area contributed by atoms with Crippen LogP contribution in [-0.4, -0.2) is 35.7 Å². The van der Waals surface area contributed by atoms with Gasteiger partial charge >= 0.3 is 12.1 Å². The van der Waals surface area contributed by atoms with Crippen molar-refractivity contribution in [2.75, 3.05) is 11.9 Å². The van der Waals surface area contributed by atoms with Gasteiger partial charge in [0.15, 0.2) is 0 Å². The quantitative estimate of drug-likeness (QED) is 0.298. The van der Waals surface area contributed by atoms with Crippen LogP contribution in [0, 0.1) is 3.57 Å². The molecule has 0 aromatic heterocycles. The lowest BCUT2D eigenvalue weighted by Crippen LogP contribution is -2.40. The van der Waals surface area contributed by atoms with E-state index in [1.54, 1.807) is 18.2 Å². The van der Waals surface area contributed by atoms with Gasteiger partial charge < -0.3 is 15.2 Å². The number of carboxylic acid groups (broad SMARTS) is 1. The molecule has 0 bridgehead atoms. The van der Waals surface area contributed by atoms with Gasteiger partial charge in [-0.05, 0) is 69.5 Å². The van der Waals surface area contributed by atoms with Crippen molar-refractivity contribution in [3.8, 4) is 11.1 Å². The predicted molar refractivity (Wildman–Crippen MR) is 142 cm³/mol. The molecular weight excluding hydrogens is 559 g/mol. The molecule has 1 aliphatic rings. The highest BCUT2D eigenvalue weighted by Gasteiger charge is 2.29. The van der Waals surface area contributed by atoms with Crippen LogP contribution >= 0.6 is 22.6 Å². The van der Waals surface area contributed by atoms with E-state index in [2.05, 4.69) is 34.9 Å². The maximum atomic E-state index is 12.6. The lowest BCUT2D eigenvalue weighted by molar-refractivity contribution is -0.139. The molecule has 3 aromatic rings. The second-order valence-corrected chi connectivity index (χ2v) is 9.46. The van der Waals surface area contributed by atoms with E-state index >= 15 is 0 Å². The molecule has 3 N–H and O–H groups in total. The Morgan fingerprint density at radius 3 is 2.20 bits per heavy atom. The van der Waals surface area contributed by atoms with Gasteiger partial charge in [-0.2, -0.15) is 0 Å². The number of benzene rings is 3. The Hall–Kier alpha value is -3.40. The van der Waals surface area contributed by atoms with Crippen LogP contribution in [0.3, 0.4) is 0 Å². The Morgan fingerprint density at radius 2 is 1.63 bits per heavy atom. The SMILES string of the molecule is CCC[C@H](NC(=O)c1ccc(NC(=O)OCC2c3ccccc3-c3ccccc32)c(I)c1)C(=O)O. The Bertz CT molecular complexity index is 1230. The van der Waals surface area contributed by atoms with E-state index in [1.165, 1.54) is 0 Å². The molecule has 0 saturated heterocycles. The molecule has 0 aliphatic heterocycles. The third-order valence-corrected chi connectivity index (χ3v) is 6.88. The molecule has 7 nitrogen and oxygen atoms in total. The van der Waals surface area contributed by atoms with E-state index < -0.39 is 24.0 Å². The third kappa shape index (κ3) is 5.48. The minimum atomic E-state index is -1.07. The monoisotopic (exact) mass is 584 g/mol. The number of halogens is 1. The molecule has 1 aliphatic carbocycles. The summed E-state index contributed by atoms with van der Waals surface area (Å²) in [5.74, 6) is -1.58. The summed E-state index contributed by atoms with van der Waals surface area (Å²) in [6.07, 6.45) is 0.396.